The van der Waals surface area contributed by atoms with Gasteiger partial charge in [-0.05, 0) is 41.9 Å². The predicted molar refractivity (Wildman–Crippen MR) is 76.8 cm³/mol. The summed E-state index contributed by atoms with van der Waals surface area (Å²) in [7, 11) is 0. The fourth-order valence-corrected chi connectivity index (χ4v) is 2.99. The van der Waals surface area contributed by atoms with Gasteiger partial charge in [-0.25, -0.2) is 9.97 Å². The molecule has 0 saturated heterocycles. The standard InChI is InChI=1S/C13H13BrN2OS/c1-8-5-11(12-6-10(14)7-18-12)16-13(15-8)4-3-9(2)17/h5-7H,3-4H2,1-2H3. The van der Waals surface area contributed by atoms with Crippen LogP contribution in [-0.2, 0) is 11.2 Å². The molecule has 0 saturated carbocycles. The Kier molecular flexibility index (Phi) is 4.24. The van der Waals surface area contributed by atoms with Crippen LogP contribution in [0.15, 0.2) is 22.0 Å². The molecule has 5 heteroatoms. The van der Waals surface area contributed by atoms with E-state index >= 15 is 0 Å². The second-order valence-electron chi connectivity index (χ2n) is 4.14. The van der Waals surface area contributed by atoms with E-state index in [1.165, 1.54) is 0 Å². The summed E-state index contributed by atoms with van der Waals surface area (Å²) < 4.78 is 1.06. The number of aromatic nitrogens is 2. The van der Waals surface area contributed by atoms with Gasteiger partial charge in [0.2, 0.25) is 0 Å². The van der Waals surface area contributed by atoms with E-state index in [1.54, 1.807) is 18.3 Å². The lowest BCUT2D eigenvalue weighted by Gasteiger charge is -2.03. The molecule has 3 nitrogen and oxygen atoms in total. The van der Waals surface area contributed by atoms with E-state index in [1.807, 2.05) is 24.4 Å². The van der Waals surface area contributed by atoms with Gasteiger partial charge in [0.05, 0.1) is 10.6 Å². The summed E-state index contributed by atoms with van der Waals surface area (Å²) >= 11 is 5.08. The molecule has 0 unspecified atom stereocenters. The zero-order valence-corrected chi connectivity index (χ0v) is 12.6. The Hall–Kier alpha value is -1.07. The van der Waals surface area contributed by atoms with E-state index in [2.05, 4.69) is 25.9 Å². The van der Waals surface area contributed by atoms with Gasteiger partial charge in [-0.2, -0.15) is 0 Å². The van der Waals surface area contributed by atoms with Crippen molar-refractivity contribution in [3.8, 4) is 10.6 Å². The first-order valence-corrected chi connectivity index (χ1v) is 7.30. The monoisotopic (exact) mass is 324 g/mol. The Morgan fingerprint density at radius 1 is 1.39 bits per heavy atom. The SMILES string of the molecule is CC(=O)CCc1nc(C)cc(-c2cc(Br)cs2)n1. The van der Waals surface area contributed by atoms with Crippen molar-refractivity contribution in [2.24, 2.45) is 0 Å². The first kappa shape index (κ1) is 13.4. The molecule has 0 aromatic carbocycles. The number of thiophene rings is 1. The van der Waals surface area contributed by atoms with E-state index in [9.17, 15) is 4.79 Å². The van der Waals surface area contributed by atoms with Gasteiger partial charge in [0, 0.05) is 28.4 Å². The summed E-state index contributed by atoms with van der Waals surface area (Å²) in [6.45, 7) is 3.54. The highest BCUT2D eigenvalue weighted by molar-refractivity contribution is 9.10. The molecule has 18 heavy (non-hydrogen) atoms. The second-order valence-corrected chi connectivity index (χ2v) is 5.97. The molecule has 0 aliphatic rings. The van der Waals surface area contributed by atoms with Crippen molar-refractivity contribution in [1.82, 2.24) is 9.97 Å². The van der Waals surface area contributed by atoms with Gasteiger partial charge in [0.25, 0.3) is 0 Å². The zero-order chi connectivity index (χ0) is 13.1. The van der Waals surface area contributed by atoms with Crippen molar-refractivity contribution < 1.29 is 4.79 Å². The molecule has 0 spiro atoms. The molecule has 2 aromatic rings. The highest BCUT2D eigenvalue weighted by Crippen LogP contribution is 2.28. The van der Waals surface area contributed by atoms with Gasteiger partial charge in [-0.1, -0.05) is 0 Å². The lowest BCUT2D eigenvalue weighted by Crippen LogP contribution is -2.01. The average molecular weight is 325 g/mol. The number of hydrogen-bond donors (Lipinski definition) is 0. The third-order valence-electron chi connectivity index (χ3n) is 2.42. The van der Waals surface area contributed by atoms with E-state index in [-0.39, 0.29) is 5.78 Å². The Morgan fingerprint density at radius 3 is 2.78 bits per heavy atom. The highest BCUT2D eigenvalue weighted by atomic mass is 79.9. The van der Waals surface area contributed by atoms with Crippen LogP contribution in [0.5, 0.6) is 0 Å². The number of carbonyl (C=O) groups excluding carboxylic acids is 1. The van der Waals surface area contributed by atoms with E-state index in [4.69, 9.17) is 0 Å². The van der Waals surface area contributed by atoms with Gasteiger partial charge in [-0.3, -0.25) is 0 Å². The number of hydrogen-bond acceptors (Lipinski definition) is 4. The summed E-state index contributed by atoms with van der Waals surface area (Å²) in [6, 6.07) is 4.01. The fourth-order valence-electron chi connectivity index (χ4n) is 1.60. The molecule has 0 radical (unpaired) electrons. The predicted octanol–water partition coefficient (Wildman–Crippen LogP) is 3.80. The lowest BCUT2D eigenvalue weighted by molar-refractivity contribution is -0.117. The molecular formula is C13H13BrN2OS. The molecule has 94 valence electrons. The molecule has 2 rings (SSSR count). The quantitative estimate of drug-likeness (QED) is 0.859. The lowest BCUT2D eigenvalue weighted by atomic mass is 10.2. The largest absolute Gasteiger partial charge is 0.300 e. The van der Waals surface area contributed by atoms with Crippen LogP contribution in [0.3, 0.4) is 0 Å². The van der Waals surface area contributed by atoms with Crippen LogP contribution in [-0.4, -0.2) is 15.8 Å². The molecule has 2 heterocycles. The van der Waals surface area contributed by atoms with Gasteiger partial charge < -0.3 is 4.79 Å². The fraction of sp³-hybridized carbons (Fsp3) is 0.308. The number of carbonyl (C=O) groups is 1. The molecule has 0 bridgehead atoms. The maximum atomic E-state index is 11.0. The van der Waals surface area contributed by atoms with Crippen LogP contribution in [0.25, 0.3) is 10.6 Å². The number of Topliss-reactive ketones (excluding diaryl/α,β-unsaturated/α-hetero) is 1. The Balaban J connectivity index is 2.29. The smallest absolute Gasteiger partial charge is 0.130 e. The minimum absolute atomic E-state index is 0.167. The normalized spacial score (nSPS) is 10.6. The minimum Gasteiger partial charge on any atom is -0.300 e. The molecule has 0 N–H and O–H groups in total. The molecule has 0 amide bonds. The Morgan fingerprint density at radius 2 is 2.17 bits per heavy atom. The van der Waals surface area contributed by atoms with Gasteiger partial charge in [-0.15, -0.1) is 11.3 Å². The number of rotatable bonds is 4. The van der Waals surface area contributed by atoms with Crippen molar-refractivity contribution in [1.29, 1.82) is 0 Å². The van der Waals surface area contributed by atoms with Crippen LogP contribution in [0.1, 0.15) is 24.9 Å². The number of nitrogens with zero attached hydrogens (tertiary/aromatic N) is 2. The molecular weight excluding hydrogens is 312 g/mol. The van der Waals surface area contributed by atoms with Gasteiger partial charge >= 0.3 is 0 Å². The maximum absolute atomic E-state index is 11.0. The highest BCUT2D eigenvalue weighted by Gasteiger charge is 2.07. The van der Waals surface area contributed by atoms with Crippen LogP contribution in [0.2, 0.25) is 0 Å². The first-order chi connectivity index (χ1) is 8.54. The minimum atomic E-state index is 0.167. The Labute approximate surface area is 118 Å². The summed E-state index contributed by atoms with van der Waals surface area (Å²) in [5.41, 5.74) is 1.86. The summed E-state index contributed by atoms with van der Waals surface area (Å²) in [4.78, 5) is 21.0. The first-order valence-electron chi connectivity index (χ1n) is 5.63. The topological polar surface area (TPSA) is 42.9 Å². The maximum Gasteiger partial charge on any atom is 0.130 e. The van der Waals surface area contributed by atoms with Crippen molar-refractivity contribution in [2.45, 2.75) is 26.7 Å². The van der Waals surface area contributed by atoms with Crippen LogP contribution in [0.4, 0.5) is 0 Å². The molecule has 0 aliphatic carbocycles. The van der Waals surface area contributed by atoms with Crippen molar-refractivity contribution in [3.63, 3.8) is 0 Å². The number of aryl methyl sites for hydroxylation is 2. The Bertz CT molecular complexity index is 580. The van der Waals surface area contributed by atoms with Crippen LogP contribution < -0.4 is 0 Å². The number of halogens is 1. The van der Waals surface area contributed by atoms with Gasteiger partial charge in [0.1, 0.15) is 11.6 Å². The van der Waals surface area contributed by atoms with Crippen molar-refractivity contribution in [2.75, 3.05) is 0 Å². The molecule has 0 aliphatic heterocycles. The second kappa shape index (κ2) is 5.71. The van der Waals surface area contributed by atoms with E-state index in [0.717, 1.165) is 26.6 Å². The summed E-state index contributed by atoms with van der Waals surface area (Å²) in [5.74, 6) is 0.908. The van der Waals surface area contributed by atoms with Gasteiger partial charge in [0.15, 0.2) is 0 Å². The van der Waals surface area contributed by atoms with Crippen molar-refractivity contribution in [3.05, 3.63) is 33.5 Å². The van der Waals surface area contributed by atoms with E-state index < -0.39 is 0 Å². The number of ketones is 1. The van der Waals surface area contributed by atoms with Crippen molar-refractivity contribution >= 4 is 33.0 Å². The van der Waals surface area contributed by atoms with Crippen LogP contribution in [0, 0.1) is 6.92 Å². The summed E-state index contributed by atoms with van der Waals surface area (Å²) in [6.07, 6.45) is 1.10. The van der Waals surface area contributed by atoms with E-state index in [0.29, 0.717) is 12.8 Å². The zero-order valence-electron chi connectivity index (χ0n) is 10.2. The average Bonchev–Trinajstić information content (AvgIpc) is 2.72. The molecule has 2 aromatic heterocycles. The third kappa shape index (κ3) is 3.46. The summed E-state index contributed by atoms with van der Waals surface area (Å²) in [5, 5.41) is 2.03. The van der Waals surface area contributed by atoms with Crippen LogP contribution >= 0.6 is 27.3 Å². The molecule has 0 atom stereocenters. The molecule has 0 fully saturated rings. The third-order valence-corrected chi connectivity index (χ3v) is 4.13.